The van der Waals surface area contributed by atoms with Crippen LogP contribution in [-0.2, 0) is 14.3 Å². The van der Waals surface area contributed by atoms with Crippen LogP contribution in [0.4, 0.5) is 0 Å². The highest BCUT2D eigenvalue weighted by Crippen LogP contribution is 2.14. The summed E-state index contributed by atoms with van der Waals surface area (Å²) in [6.07, 6.45) is 19.3. The van der Waals surface area contributed by atoms with Crippen LogP contribution in [0.3, 0.4) is 0 Å². The lowest BCUT2D eigenvalue weighted by molar-refractivity contribution is -0.142. The monoisotopic (exact) mass is 454 g/mol. The summed E-state index contributed by atoms with van der Waals surface area (Å²) in [6.45, 7) is 9.22. The molecule has 0 bridgehead atoms. The molecule has 2 amide bonds. The third-order valence-electron chi connectivity index (χ3n) is 6.21. The summed E-state index contributed by atoms with van der Waals surface area (Å²) in [7, 11) is 0. The molecule has 5 nitrogen and oxygen atoms in total. The number of hydrogen-bond donors (Lipinski definition) is 1. The van der Waals surface area contributed by atoms with Gasteiger partial charge in [0.2, 0.25) is 11.8 Å². The van der Waals surface area contributed by atoms with E-state index < -0.39 is 11.8 Å². The van der Waals surface area contributed by atoms with Crippen molar-refractivity contribution in [3.63, 3.8) is 0 Å². The van der Waals surface area contributed by atoms with Gasteiger partial charge in [0.1, 0.15) is 5.92 Å². The molecule has 0 heterocycles. The summed E-state index contributed by atoms with van der Waals surface area (Å²) in [5.74, 6) is -1.36. The Kier molecular flexibility index (Phi) is 22.3. The molecule has 0 aromatic rings. The van der Waals surface area contributed by atoms with Crippen molar-refractivity contribution in [2.24, 2.45) is 11.7 Å². The van der Waals surface area contributed by atoms with Crippen LogP contribution in [0.25, 0.3) is 0 Å². The number of rotatable bonds is 24. The maximum atomic E-state index is 13.2. The Balaban J connectivity index is 4.57. The molecule has 2 N–H and O–H groups in total. The maximum Gasteiger partial charge on any atom is 0.235 e. The van der Waals surface area contributed by atoms with Crippen LogP contribution < -0.4 is 5.73 Å². The molecule has 0 radical (unpaired) electrons. The zero-order valence-corrected chi connectivity index (χ0v) is 21.7. The van der Waals surface area contributed by atoms with Crippen LogP contribution in [0.2, 0.25) is 0 Å². The highest BCUT2D eigenvalue weighted by atomic mass is 16.5. The SMILES string of the molecule is CCCCCCCCN(CCCCCCCC)C(=O)C(CCOCCCCCC)C(N)=O. The van der Waals surface area contributed by atoms with Gasteiger partial charge in [0.05, 0.1) is 0 Å². The summed E-state index contributed by atoms with van der Waals surface area (Å²) in [5.41, 5.74) is 5.63. The molecule has 5 heteroatoms. The van der Waals surface area contributed by atoms with E-state index in [1.165, 1.54) is 70.6 Å². The van der Waals surface area contributed by atoms with E-state index in [0.717, 1.165) is 45.2 Å². The molecule has 1 atom stereocenters. The zero-order chi connectivity index (χ0) is 23.9. The molecule has 0 saturated heterocycles. The van der Waals surface area contributed by atoms with Crippen LogP contribution in [0.1, 0.15) is 130 Å². The second-order valence-electron chi connectivity index (χ2n) is 9.28. The smallest absolute Gasteiger partial charge is 0.235 e. The number of nitrogens with zero attached hydrogens (tertiary/aromatic N) is 1. The van der Waals surface area contributed by atoms with E-state index in [1.54, 1.807) is 0 Å². The average molecular weight is 455 g/mol. The van der Waals surface area contributed by atoms with Crippen molar-refractivity contribution in [3.8, 4) is 0 Å². The molecule has 0 spiro atoms. The average Bonchev–Trinajstić information content (AvgIpc) is 2.78. The second-order valence-corrected chi connectivity index (χ2v) is 9.28. The minimum atomic E-state index is -0.758. The summed E-state index contributed by atoms with van der Waals surface area (Å²) in [4.78, 5) is 27.2. The molecule has 0 aromatic carbocycles. The Morgan fingerprint density at radius 1 is 0.656 bits per heavy atom. The van der Waals surface area contributed by atoms with Crippen LogP contribution >= 0.6 is 0 Å². The normalized spacial score (nSPS) is 12.1. The van der Waals surface area contributed by atoms with Crippen molar-refractivity contribution < 1.29 is 14.3 Å². The fourth-order valence-electron chi connectivity index (χ4n) is 4.04. The van der Waals surface area contributed by atoms with E-state index in [1.807, 2.05) is 4.90 Å². The minimum absolute atomic E-state index is 0.0887. The first-order valence-corrected chi connectivity index (χ1v) is 13.7. The second kappa shape index (κ2) is 23.1. The maximum absolute atomic E-state index is 13.2. The summed E-state index contributed by atoms with van der Waals surface area (Å²) >= 11 is 0. The highest BCUT2D eigenvalue weighted by molar-refractivity contribution is 5.99. The molecule has 190 valence electrons. The van der Waals surface area contributed by atoms with Gasteiger partial charge in [0, 0.05) is 26.3 Å². The Labute approximate surface area is 199 Å². The quantitative estimate of drug-likeness (QED) is 0.131. The van der Waals surface area contributed by atoms with Gasteiger partial charge in [-0.2, -0.15) is 0 Å². The molecule has 0 aliphatic heterocycles. The third-order valence-corrected chi connectivity index (χ3v) is 6.21. The molecule has 0 saturated carbocycles. The van der Waals surface area contributed by atoms with E-state index >= 15 is 0 Å². The Hall–Kier alpha value is -1.10. The summed E-state index contributed by atoms with van der Waals surface area (Å²) < 4.78 is 5.68. The van der Waals surface area contributed by atoms with E-state index in [4.69, 9.17) is 10.5 Å². The predicted molar refractivity (Wildman–Crippen MR) is 136 cm³/mol. The van der Waals surface area contributed by atoms with Gasteiger partial charge >= 0.3 is 0 Å². The third kappa shape index (κ3) is 17.5. The van der Waals surface area contributed by atoms with Crippen LogP contribution in [-0.4, -0.2) is 43.0 Å². The van der Waals surface area contributed by atoms with Crippen LogP contribution in [0.5, 0.6) is 0 Å². The van der Waals surface area contributed by atoms with Gasteiger partial charge in [-0.3, -0.25) is 9.59 Å². The Morgan fingerprint density at radius 2 is 1.09 bits per heavy atom. The van der Waals surface area contributed by atoms with Crippen molar-refractivity contribution in [1.29, 1.82) is 0 Å². The molecule has 0 fully saturated rings. The van der Waals surface area contributed by atoms with Gasteiger partial charge in [-0.05, 0) is 25.7 Å². The number of amides is 2. The summed E-state index contributed by atoms with van der Waals surface area (Å²) in [6, 6.07) is 0. The number of carbonyl (C=O) groups is 2. The van der Waals surface area contributed by atoms with E-state index in [2.05, 4.69) is 20.8 Å². The molecule has 0 rings (SSSR count). The van der Waals surface area contributed by atoms with Crippen molar-refractivity contribution >= 4 is 11.8 Å². The van der Waals surface area contributed by atoms with Crippen molar-refractivity contribution in [3.05, 3.63) is 0 Å². The zero-order valence-electron chi connectivity index (χ0n) is 21.7. The molecule has 0 aliphatic rings. The Bertz CT molecular complexity index is 427. The lowest BCUT2D eigenvalue weighted by Gasteiger charge is -2.26. The molecule has 32 heavy (non-hydrogen) atoms. The van der Waals surface area contributed by atoms with E-state index in [0.29, 0.717) is 19.6 Å². The number of ether oxygens (including phenoxy) is 1. The van der Waals surface area contributed by atoms with Crippen LogP contribution in [0.15, 0.2) is 0 Å². The number of primary amides is 1. The molecule has 1 unspecified atom stereocenters. The highest BCUT2D eigenvalue weighted by Gasteiger charge is 2.28. The van der Waals surface area contributed by atoms with Gasteiger partial charge in [-0.15, -0.1) is 0 Å². The van der Waals surface area contributed by atoms with E-state index in [-0.39, 0.29) is 5.91 Å². The minimum Gasteiger partial charge on any atom is -0.381 e. The fourth-order valence-corrected chi connectivity index (χ4v) is 4.04. The topological polar surface area (TPSA) is 72.6 Å². The first kappa shape index (κ1) is 30.9. The first-order valence-electron chi connectivity index (χ1n) is 13.7. The molecule has 0 aromatic heterocycles. The Morgan fingerprint density at radius 3 is 1.56 bits per heavy atom. The van der Waals surface area contributed by atoms with E-state index in [9.17, 15) is 9.59 Å². The van der Waals surface area contributed by atoms with Crippen molar-refractivity contribution in [1.82, 2.24) is 4.90 Å². The molecular weight excluding hydrogens is 400 g/mol. The largest absolute Gasteiger partial charge is 0.381 e. The molecule has 0 aliphatic carbocycles. The lowest BCUT2D eigenvalue weighted by Crippen LogP contribution is -2.43. The van der Waals surface area contributed by atoms with Crippen LogP contribution in [0, 0.1) is 5.92 Å². The number of unbranched alkanes of at least 4 members (excludes halogenated alkanes) is 13. The van der Waals surface area contributed by atoms with Crippen molar-refractivity contribution in [2.45, 2.75) is 130 Å². The lowest BCUT2D eigenvalue weighted by atomic mass is 10.0. The standard InChI is InChI=1S/C27H54N2O3/c1-4-7-10-13-15-17-21-29(22-18-16-14-11-8-5-2)27(31)25(26(28)30)20-24-32-23-19-12-9-6-3/h25H,4-24H2,1-3H3,(H2,28,30). The number of hydrogen-bond acceptors (Lipinski definition) is 3. The summed E-state index contributed by atoms with van der Waals surface area (Å²) in [5, 5.41) is 0. The van der Waals surface area contributed by atoms with Gasteiger partial charge in [-0.25, -0.2) is 0 Å². The number of nitrogens with two attached hydrogens (primary N) is 1. The first-order chi connectivity index (χ1) is 15.6. The fraction of sp³-hybridized carbons (Fsp3) is 0.926. The number of carbonyl (C=O) groups excluding carboxylic acids is 2. The van der Waals surface area contributed by atoms with Gasteiger partial charge in [0.25, 0.3) is 0 Å². The molecular formula is C27H54N2O3. The van der Waals surface area contributed by atoms with Gasteiger partial charge < -0.3 is 15.4 Å². The van der Waals surface area contributed by atoms with Gasteiger partial charge in [0.15, 0.2) is 0 Å². The van der Waals surface area contributed by atoms with Gasteiger partial charge in [-0.1, -0.05) is 104 Å². The predicted octanol–water partition coefficient (Wildman–Crippen LogP) is 6.62. The van der Waals surface area contributed by atoms with Crippen molar-refractivity contribution in [2.75, 3.05) is 26.3 Å².